The summed E-state index contributed by atoms with van der Waals surface area (Å²) in [6.07, 6.45) is -0.279. The van der Waals surface area contributed by atoms with Crippen molar-refractivity contribution in [3.63, 3.8) is 0 Å². The Kier molecular flexibility index (Phi) is 10.4. The van der Waals surface area contributed by atoms with Gasteiger partial charge in [-0.25, -0.2) is 4.79 Å². The van der Waals surface area contributed by atoms with Gasteiger partial charge in [-0.2, -0.15) is 0 Å². The minimum Gasteiger partial charge on any atom is -0.481 e. The molecule has 0 aromatic carbocycles. The lowest BCUT2D eigenvalue weighted by molar-refractivity contribution is -0.144. The van der Waals surface area contributed by atoms with Crippen molar-refractivity contribution in [3.05, 3.63) is 0 Å². The second-order valence-corrected chi connectivity index (χ2v) is 7.20. The van der Waals surface area contributed by atoms with Crippen LogP contribution in [0.1, 0.15) is 45.4 Å². The molecular formula is C18H28N4O9. The third-order valence-corrected chi connectivity index (χ3v) is 4.67. The molecule has 0 bridgehead atoms. The molecule has 0 aromatic rings. The first kappa shape index (κ1) is 25.8. The molecule has 4 atom stereocenters. The van der Waals surface area contributed by atoms with E-state index in [9.17, 15) is 28.8 Å². The Labute approximate surface area is 177 Å². The van der Waals surface area contributed by atoms with E-state index in [-0.39, 0.29) is 12.3 Å². The molecule has 1 fully saturated rings. The Hall–Kier alpha value is -3.22. The number of carboxylic acids is 3. The fourth-order valence-electron chi connectivity index (χ4n) is 2.92. The highest BCUT2D eigenvalue weighted by atomic mass is 16.4. The number of aliphatic carboxylic acids is 3. The van der Waals surface area contributed by atoms with E-state index in [0.29, 0.717) is 13.0 Å². The Morgan fingerprint density at radius 3 is 1.90 bits per heavy atom. The van der Waals surface area contributed by atoms with Crippen LogP contribution in [0, 0.1) is 0 Å². The van der Waals surface area contributed by atoms with Gasteiger partial charge in [-0.3, -0.25) is 24.0 Å². The Morgan fingerprint density at radius 1 is 0.871 bits per heavy atom. The predicted octanol–water partition coefficient (Wildman–Crippen LogP) is -1.97. The summed E-state index contributed by atoms with van der Waals surface area (Å²) in [5, 5.41) is 36.6. The van der Waals surface area contributed by atoms with Crippen LogP contribution >= 0.6 is 0 Å². The topological polar surface area (TPSA) is 211 Å². The lowest BCUT2D eigenvalue weighted by Crippen LogP contribution is -2.56. The SMILES string of the molecule is CC(NC(=O)C1CCCN1)C(=O)NC(CCC(=O)O)C(=O)NC(CCC(=O)O)C(=O)O. The molecule has 0 spiro atoms. The van der Waals surface area contributed by atoms with Crippen LogP contribution in [0.4, 0.5) is 0 Å². The van der Waals surface area contributed by atoms with E-state index in [1.54, 1.807) is 0 Å². The molecule has 0 aromatic heterocycles. The first-order valence-corrected chi connectivity index (χ1v) is 9.82. The zero-order valence-electron chi connectivity index (χ0n) is 17.1. The van der Waals surface area contributed by atoms with Gasteiger partial charge in [0.1, 0.15) is 18.1 Å². The monoisotopic (exact) mass is 444 g/mol. The molecule has 1 saturated heterocycles. The Bertz CT molecular complexity index is 706. The van der Waals surface area contributed by atoms with E-state index >= 15 is 0 Å². The molecule has 0 saturated carbocycles. The first-order valence-electron chi connectivity index (χ1n) is 9.82. The maximum absolute atomic E-state index is 12.5. The summed E-state index contributed by atoms with van der Waals surface area (Å²) in [4.78, 5) is 69.8. The second kappa shape index (κ2) is 12.5. The molecule has 0 aliphatic carbocycles. The summed E-state index contributed by atoms with van der Waals surface area (Å²) in [5.74, 6) is -6.06. The van der Waals surface area contributed by atoms with Gasteiger partial charge in [0.15, 0.2) is 0 Å². The van der Waals surface area contributed by atoms with E-state index in [4.69, 9.17) is 15.3 Å². The average molecular weight is 444 g/mol. The van der Waals surface area contributed by atoms with Crippen LogP contribution in [0.25, 0.3) is 0 Å². The van der Waals surface area contributed by atoms with Crippen molar-refractivity contribution in [2.24, 2.45) is 0 Å². The summed E-state index contributed by atoms with van der Waals surface area (Å²) in [7, 11) is 0. The van der Waals surface area contributed by atoms with Crippen molar-refractivity contribution in [2.45, 2.75) is 69.6 Å². The normalized spacial score (nSPS) is 18.3. The molecule has 3 amide bonds. The van der Waals surface area contributed by atoms with Crippen molar-refractivity contribution < 1.29 is 44.1 Å². The minimum atomic E-state index is -1.53. The van der Waals surface area contributed by atoms with E-state index < -0.39 is 73.2 Å². The molecule has 1 rings (SSSR count). The number of carbonyl (C=O) groups is 6. The first-order chi connectivity index (χ1) is 14.5. The van der Waals surface area contributed by atoms with Gasteiger partial charge in [0.2, 0.25) is 17.7 Å². The van der Waals surface area contributed by atoms with Gasteiger partial charge in [-0.15, -0.1) is 0 Å². The molecule has 1 heterocycles. The maximum Gasteiger partial charge on any atom is 0.326 e. The lowest BCUT2D eigenvalue weighted by Gasteiger charge is -2.23. The highest BCUT2D eigenvalue weighted by Gasteiger charge is 2.30. The fourth-order valence-corrected chi connectivity index (χ4v) is 2.92. The molecule has 13 heteroatoms. The number of carboxylic acid groups (broad SMARTS) is 3. The lowest BCUT2D eigenvalue weighted by atomic mass is 10.1. The van der Waals surface area contributed by atoms with Crippen molar-refractivity contribution in [2.75, 3.05) is 6.54 Å². The summed E-state index contributed by atoms with van der Waals surface area (Å²) in [6.45, 7) is 2.07. The molecule has 1 aliphatic heterocycles. The van der Waals surface area contributed by atoms with Crippen LogP contribution in [0.3, 0.4) is 0 Å². The number of hydrogen-bond acceptors (Lipinski definition) is 7. The summed E-state index contributed by atoms with van der Waals surface area (Å²) >= 11 is 0. The maximum atomic E-state index is 12.5. The largest absolute Gasteiger partial charge is 0.481 e. The zero-order chi connectivity index (χ0) is 23.6. The predicted molar refractivity (Wildman–Crippen MR) is 104 cm³/mol. The van der Waals surface area contributed by atoms with Gasteiger partial charge < -0.3 is 36.6 Å². The number of hydrogen-bond donors (Lipinski definition) is 7. The van der Waals surface area contributed by atoms with E-state index in [1.807, 2.05) is 0 Å². The van der Waals surface area contributed by atoms with Crippen LogP contribution in [-0.2, 0) is 28.8 Å². The van der Waals surface area contributed by atoms with Gasteiger partial charge in [0.25, 0.3) is 0 Å². The molecule has 13 nitrogen and oxygen atoms in total. The van der Waals surface area contributed by atoms with E-state index in [1.165, 1.54) is 6.92 Å². The minimum absolute atomic E-state index is 0.330. The van der Waals surface area contributed by atoms with Gasteiger partial charge in [0.05, 0.1) is 6.04 Å². The molecule has 0 radical (unpaired) electrons. The van der Waals surface area contributed by atoms with Crippen LogP contribution < -0.4 is 21.3 Å². The van der Waals surface area contributed by atoms with Gasteiger partial charge in [-0.1, -0.05) is 0 Å². The quantitative estimate of drug-likeness (QED) is 0.166. The van der Waals surface area contributed by atoms with Gasteiger partial charge >= 0.3 is 17.9 Å². The summed E-state index contributed by atoms with van der Waals surface area (Å²) in [6, 6.07) is -4.37. The molecule has 7 N–H and O–H groups in total. The molecule has 1 aliphatic rings. The van der Waals surface area contributed by atoms with E-state index in [0.717, 1.165) is 6.42 Å². The third-order valence-electron chi connectivity index (χ3n) is 4.67. The second-order valence-electron chi connectivity index (χ2n) is 7.20. The van der Waals surface area contributed by atoms with Crippen molar-refractivity contribution in [1.82, 2.24) is 21.3 Å². The molecule has 174 valence electrons. The number of carbonyl (C=O) groups excluding carboxylic acids is 3. The Morgan fingerprint density at radius 2 is 1.42 bits per heavy atom. The number of nitrogens with one attached hydrogen (secondary N) is 4. The van der Waals surface area contributed by atoms with E-state index in [2.05, 4.69) is 21.3 Å². The highest BCUT2D eigenvalue weighted by Crippen LogP contribution is 2.06. The number of rotatable bonds is 13. The van der Waals surface area contributed by atoms with Crippen molar-refractivity contribution >= 4 is 35.6 Å². The summed E-state index contributed by atoms with van der Waals surface area (Å²) in [5.41, 5.74) is 0. The van der Waals surface area contributed by atoms with Gasteiger partial charge in [0, 0.05) is 12.8 Å². The standard InChI is InChI=1S/C18H28N4O9/c1-9(20-16(28)10-3-2-8-19-10)15(27)21-11(4-6-13(23)24)17(29)22-12(18(30)31)5-7-14(25)26/h9-12,19H,2-8H2,1H3,(H,20,28)(H,21,27)(H,22,29)(H,23,24)(H,25,26)(H,30,31). The Balaban J connectivity index is 2.76. The van der Waals surface area contributed by atoms with Crippen LogP contribution in [0.15, 0.2) is 0 Å². The van der Waals surface area contributed by atoms with Crippen molar-refractivity contribution in [1.29, 1.82) is 0 Å². The highest BCUT2D eigenvalue weighted by molar-refractivity contribution is 5.94. The summed E-state index contributed by atoms with van der Waals surface area (Å²) < 4.78 is 0. The third kappa shape index (κ3) is 9.42. The van der Waals surface area contributed by atoms with Gasteiger partial charge in [-0.05, 0) is 39.2 Å². The zero-order valence-corrected chi connectivity index (χ0v) is 17.1. The van der Waals surface area contributed by atoms with Crippen LogP contribution in [0.5, 0.6) is 0 Å². The number of amides is 3. The molecular weight excluding hydrogens is 416 g/mol. The smallest absolute Gasteiger partial charge is 0.326 e. The fraction of sp³-hybridized carbons (Fsp3) is 0.667. The van der Waals surface area contributed by atoms with Crippen molar-refractivity contribution in [3.8, 4) is 0 Å². The average Bonchev–Trinajstić information content (AvgIpc) is 3.22. The molecule has 31 heavy (non-hydrogen) atoms. The van der Waals surface area contributed by atoms with Crippen LogP contribution in [0.2, 0.25) is 0 Å². The molecule has 4 unspecified atom stereocenters. The van der Waals surface area contributed by atoms with Crippen LogP contribution in [-0.4, -0.2) is 81.7 Å².